The van der Waals surface area contributed by atoms with Crippen LogP contribution in [0.1, 0.15) is 153 Å². The van der Waals surface area contributed by atoms with Crippen molar-refractivity contribution >= 4 is 30.1 Å². The second kappa shape index (κ2) is 27.1. The molecule has 7 nitrogen and oxygen atoms in total. The summed E-state index contributed by atoms with van der Waals surface area (Å²) in [4.78, 5) is 9.39. The van der Waals surface area contributed by atoms with Crippen LogP contribution in [0.5, 0.6) is 0 Å². The van der Waals surface area contributed by atoms with Crippen molar-refractivity contribution in [3.63, 3.8) is 0 Å². The molecule has 2 heterocycles. The smallest absolute Gasteiger partial charge is 0.311 e. The van der Waals surface area contributed by atoms with Crippen molar-refractivity contribution in [2.45, 2.75) is 156 Å². The maximum Gasteiger partial charge on any atom is 0.319 e. The molecule has 0 aliphatic rings. The van der Waals surface area contributed by atoms with Gasteiger partial charge in [0.05, 0.1) is 24.2 Å². The van der Waals surface area contributed by atoms with Gasteiger partial charge in [0, 0.05) is 72.3 Å². The van der Waals surface area contributed by atoms with E-state index in [0.717, 1.165) is 82.6 Å². The van der Waals surface area contributed by atoms with E-state index in [1.807, 2.05) is 24.5 Å². The summed E-state index contributed by atoms with van der Waals surface area (Å²) in [7, 11) is -2.56. The number of hydrogen-bond donors (Lipinski definition) is 2. The van der Waals surface area contributed by atoms with Gasteiger partial charge < -0.3 is 19.7 Å². The van der Waals surface area contributed by atoms with Crippen LogP contribution in [0.25, 0.3) is 21.8 Å². The van der Waals surface area contributed by atoms with E-state index in [1.165, 1.54) is 64.2 Å². The van der Waals surface area contributed by atoms with Gasteiger partial charge in [0.15, 0.2) is 0 Å². The molecule has 0 bridgehead atoms. The van der Waals surface area contributed by atoms with Gasteiger partial charge in [0.1, 0.15) is 0 Å². The molecule has 2 atom stereocenters. The van der Waals surface area contributed by atoms with Gasteiger partial charge in [-0.1, -0.05) is 126 Å². The molecule has 0 aliphatic carbocycles. The molecule has 302 valence electrons. The Morgan fingerprint density at radius 2 is 1.04 bits per heavy atom. The number of rotatable bonds is 26. The highest BCUT2D eigenvalue weighted by atomic mass is 31.1. The monoisotopic (exact) mass is 778 g/mol. The molecule has 4 aromatic rings. The predicted molar refractivity (Wildman–Crippen MR) is 236 cm³/mol. The Labute approximate surface area is 338 Å². The van der Waals surface area contributed by atoms with Gasteiger partial charge in [-0.05, 0) is 74.9 Å². The molecule has 0 saturated carbocycles. The Morgan fingerprint density at radius 3 is 1.48 bits per heavy atom. The van der Waals surface area contributed by atoms with Crippen LogP contribution in [-0.4, -0.2) is 35.3 Å². The highest BCUT2D eigenvalue weighted by Gasteiger charge is 2.11. The fourth-order valence-corrected chi connectivity index (χ4v) is 7.37. The first-order valence-electron chi connectivity index (χ1n) is 21.5. The molecule has 2 N–H and O–H groups in total. The van der Waals surface area contributed by atoms with E-state index in [-0.39, 0.29) is 12.1 Å². The molecule has 4 rings (SSSR count). The topological polar surface area (TPSA) is 85.4 Å². The molecule has 8 heteroatoms. The molecule has 0 radical (unpaired) electrons. The predicted octanol–water partition coefficient (Wildman–Crippen LogP) is 11.8. The summed E-state index contributed by atoms with van der Waals surface area (Å²) in [5.74, 6) is 13.6. The summed E-state index contributed by atoms with van der Waals surface area (Å²) in [6.07, 6.45) is 22.4. The molecule has 56 heavy (non-hydrogen) atoms. The van der Waals surface area contributed by atoms with Gasteiger partial charge in [-0.25, -0.2) is 0 Å². The number of pyridine rings is 2. The van der Waals surface area contributed by atoms with E-state index in [0.29, 0.717) is 26.3 Å². The molecule has 0 aliphatic heterocycles. The Morgan fingerprint density at radius 1 is 0.607 bits per heavy atom. The van der Waals surface area contributed by atoms with Crippen LogP contribution in [0, 0.1) is 23.7 Å². The zero-order valence-corrected chi connectivity index (χ0v) is 35.7. The summed E-state index contributed by atoms with van der Waals surface area (Å²) >= 11 is 0. The Balaban J connectivity index is 1.12. The number of fused-ring (bicyclic) bond motifs is 2. The highest BCUT2D eigenvalue weighted by Crippen LogP contribution is 2.25. The van der Waals surface area contributed by atoms with E-state index in [4.69, 9.17) is 19.0 Å². The van der Waals surface area contributed by atoms with Gasteiger partial charge in [-0.3, -0.25) is 14.5 Å². The summed E-state index contributed by atoms with van der Waals surface area (Å²) in [5.41, 5.74) is 6.32. The minimum Gasteiger partial charge on any atom is -0.311 e. The lowest BCUT2D eigenvalue weighted by Gasteiger charge is -2.16. The lowest BCUT2D eigenvalue weighted by molar-refractivity contribution is 0.210. The number of aromatic nitrogens is 2. The zero-order valence-electron chi connectivity index (χ0n) is 34.7. The average molecular weight is 779 g/mol. The fourth-order valence-electron chi connectivity index (χ4n) is 6.72. The van der Waals surface area contributed by atoms with Crippen LogP contribution in [0.3, 0.4) is 0 Å². The third kappa shape index (κ3) is 16.5. The van der Waals surface area contributed by atoms with E-state index in [2.05, 4.69) is 98.4 Å². The van der Waals surface area contributed by atoms with Crippen LogP contribution in [0.4, 0.5) is 0 Å². The van der Waals surface area contributed by atoms with Crippen LogP contribution in [-0.2, 0) is 26.7 Å². The number of hydrogen-bond acceptors (Lipinski definition) is 7. The SMILES string of the molecule is CCCCCCCCC#Cc1ccc(CNC(C)CCO[PH](=O)OCCC(C)NCc2ccc(C#CCCCCCCCC)c3cccnc23)c2ncccc12. The molecule has 2 aromatic carbocycles. The van der Waals surface area contributed by atoms with Gasteiger partial charge in [0.2, 0.25) is 0 Å². The van der Waals surface area contributed by atoms with E-state index in [1.54, 1.807) is 0 Å². The third-order valence-corrected chi connectivity index (χ3v) is 11.2. The Bertz CT molecular complexity index is 1760. The molecular formula is C48H67N4O3P. The average Bonchev–Trinajstić information content (AvgIpc) is 3.21. The summed E-state index contributed by atoms with van der Waals surface area (Å²) < 4.78 is 23.7. The first kappa shape index (κ1) is 45.2. The van der Waals surface area contributed by atoms with E-state index >= 15 is 0 Å². The second-order valence-corrected chi connectivity index (χ2v) is 16.1. The van der Waals surface area contributed by atoms with Crippen LogP contribution < -0.4 is 10.6 Å². The van der Waals surface area contributed by atoms with Gasteiger partial charge in [-0.2, -0.15) is 0 Å². The van der Waals surface area contributed by atoms with Crippen LogP contribution in [0.15, 0.2) is 60.9 Å². The minimum absolute atomic E-state index is 0.168. The lowest BCUT2D eigenvalue weighted by Crippen LogP contribution is -2.27. The number of nitrogens with zero attached hydrogens (tertiary/aromatic N) is 2. The fraction of sp³-hybridized carbons (Fsp3) is 0.542. The summed E-state index contributed by atoms with van der Waals surface area (Å²) in [5, 5.41) is 9.35. The minimum atomic E-state index is -2.56. The third-order valence-electron chi connectivity index (χ3n) is 10.3. The normalized spacial score (nSPS) is 12.9. The first-order chi connectivity index (χ1) is 27.5. The van der Waals surface area contributed by atoms with Crippen molar-refractivity contribution in [3.8, 4) is 23.7 Å². The number of unbranched alkanes of at least 4 members (excludes halogenated alkanes) is 12. The largest absolute Gasteiger partial charge is 0.319 e. The van der Waals surface area contributed by atoms with E-state index in [9.17, 15) is 4.57 Å². The van der Waals surface area contributed by atoms with Crippen molar-refractivity contribution in [1.29, 1.82) is 0 Å². The van der Waals surface area contributed by atoms with Crippen molar-refractivity contribution in [3.05, 3.63) is 83.2 Å². The molecule has 2 aromatic heterocycles. The number of benzene rings is 2. The number of nitrogens with one attached hydrogen (secondary N) is 2. The van der Waals surface area contributed by atoms with Crippen molar-refractivity contribution in [2.75, 3.05) is 13.2 Å². The van der Waals surface area contributed by atoms with Crippen molar-refractivity contribution in [2.24, 2.45) is 0 Å². The second-order valence-electron chi connectivity index (χ2n) is 15.1. The van der Waals surface area contributed by atoms with Crippen molar-refractivity contribution in [1.82, 2.24) is 20.6 Å². The first-order valence-corrected chi connectivity index (χ1v) is 22.7. The zero-order chi connectivity index (χ0) is 39.6. The standard InChI is InChI=1S/C48H67N4O3P/c1-5-7-9-11-13-15-17-19-23-41-27-29-43(47-45(41)25-21-33-49-47)37-51-39(3)31-35-54-56(53)55-36-32-40(4)52-38-44-30-28-42(46-26-22-34-50-48(44)46)24-20-18-16-14-12-10-8-6-2/h21-22,25-30,33-34,39-40,51-52,56H,5-18,31-32,35-38H2,1-4H3. The Kier molecular flexibility index (Phi) is 21.9. The maximum atomic E-state index is 12.5. The lowest BCUT2D eigenvalue weighted by atomic mass is 10.0. The van der Waals surface area contributed by atoms with Crippen LogP contribution >= 0.6 is 8.25 Å². The van der Waals surface area contributed by atoms with Gasteiger partial charge >= 0.3 is 8.25 Å². The molecule has 2 unspecified atom stereocenters. The molecular weight excluding hydrogens is 712 g/mol. The van der Waals surface area contributed by atoms with Crippen molar-refractivity contribution < 1.29 is 13.6 Å². The van der Waals surface area contributed by atoms with E-state index < -0.39 is 8.25 Å². The van der Waals surface area contributed by atoms with Gasteiger partial charge in [-0.15, -0.1) is 0 Å². The Hall–Kier alpha value is -3.55. The van der Waals surface area contributed by atoms with Gasteiger partial charge in [0.25, 0.3) is 0 Å². The maximum absolute atomic E-state index is 12.5. The molecule has 0 amide bonds. The summed E-state index contributed by atoms with van der Waals surface area (Å²) in [6.45, 7) is 10.8. The molecule has 0 saturated heterocycles. The molecule has 0 fully saturated rings. The highest BCUT2D eigenvalue weighted by molar-refractivity contribution is 7.33. The summed E-state index contributed by atoms with van der Waals surface area (Å²) in [6, 6.07) is 17.0. The molecule has 0 spiro atoms. The quantitative estimate of drug-likeness (QED) is 0.0373. The van der Waals surface area contributed by atoms with Crippen LogP contribution in [0.2, 0.25) is 0 Å².